The maximum atomic E-state index is 11.6. The summed E-state index contributed by atoms with van der Waals surface area (Å²) in [5, 5.41) is 10.1. The van der Waals surface area contributed by atoms with E-state index in [0.29, 0.717) is 10.8 Å². The Labute approximate surface area is 197 Å². The predicted octanol–water partition coefficient (Wildman–Crippen LogP) is 4.77. The number of aromatic nitrogens is 3. The van der Waals surface area contributed by atoms with Crippen LogP contribution in [0.5, 0.6) is 0 Å². The van der Waals surface area contributed by atoms with Crippen LogP contribution in [0.4, 0.5) is 0 Å². The molecule has 1 amide bonds. The summed E-state index contributed by atoms with van der Waals surface area (Å²) in [6, 6.07) is 6.95. The smallest absolute Gasteiger partial charge is 0.163 e. The van der Waals surface area contributed by atoms with Crippen LogP contribution in [0.25, 0.3) is 10.7 Å². The van der Waals surface area contributed by atoms with Crippen LogP contribution in [0.2, 0.25) is 5.02 Å². The first-order valence-corrected chi connectivity index (χ1v) is 9.67. The zero-order chi connectivity index (χ0) is 19.3. The Kier molecular flexibility index (Phi) is 6.20. The van der Waals surface area contributed by atoms with Crippen LogP contribution >= 0.6 is 22.9 Å². The van der Waals surface area contributed by atoms with Crippen molar-refractivity contribution in [2.24, 2.45) is 4.99 Å². The van der Waals surface area contributed by atoms with Crippen LogP contribution < -0.4 is 0 Å². The first-order valence-electron chi connectivity index (χ1n) is 8.47. The second-order valence-corrected chi connectivity index (χ2v) is 8.17. The molecule has 3 heterocycles. The Balaban J connectivity index is 0.00000225. The van der Waals surface area contributed by atoms with Gasteiger partial charge in [0, 0.05) is 60.2 Å². The molecule has 1 aromatic carbocycles. The van der Waals surface area contributed by atoms with E-state index < -0.39 is 11.9 Å². The standard InChI is InChI=1S/C19H18ClN5OS.Y/c1-9-10(2)27-19-16(9)17(12-4-6-13(20)7-5-12)22-14(8-15(21)26)18-24-23-11(3)25(18)19;/h4-7,14H,8H2,1-3H3,(H2,21,26);/p-1/t14-;/m0./s1. The zero-order valence-electron chi connectivity index (χ0n) is 15.7. The SMILES string of the molecule is Cc1sc2c(c1C)C(c1ccc(Cl)cc1)=N[C@@H](CC([NH-])=O)c1nnc(C)n1-2.[Y]. The number of hydrogen-bond donors (Lipinski definition) is 0. The van der Waals surface area contributed by atoms with Gasteiger partial charge in [0.1, 0.15) is 16.9 Å². The molecule has 1 radical (unpaired) electrons. The second-order valence-electron chi connectivity index (χ2n) is 6.53. The van der Waals surface area contributed by atoms with Gasteiger partial charge < -0.3 is 10.5 Å². The number of carbonyl (C=O) groups excluding carboxylic acids is 1. The van der Waals surface area contributed by atoms with Gasteiger partial charge in [0.05, 0.1) is 11.6 Å². The van der Waals surface area contributed by atoms with E-state index in [4.69, 9.17) is 22.3 Å². The third-order valence-corrected chi connectivity index (χ3v) is 6.18. The first kappa shape index (κ1) is 21.3. The predicted molar refractivity (Wildman–Crippen MR) is 107 cm³/mol. The van der Waals surface area contributed by atoms with Gasteiger partial charge >= 0.3 is 0 Å². The summed E-state index contributed by atoms with van der Waals surface area (Å²) >= 11 is 7.72. The summed E-state index contributed by atoms with van der Waals surface area (Å²) < 4.78 is 1.97. The van der Waals surface area contributed by atoms with Gasteiger partial charge in [0.2, 0.25) is 0 Å². The minimum absolute atomic E-state index is 0. The monoisotopic (exact) mass is 487 g/mol. The molecule has 0 spiro atoms. The quantitative estimate of drug-likeness (QED) is 0.533. The van der Waals surface area contributed by atoms with Crippen molar-refractivity contribution >= 4 is 34.6 Å². The Morgan fingerprint density at radius 3 is 2.54 bits per heavy atom. The summed E-state index contributed by atoms with van der Waals surface area (Å²) in [4.78, 5) is 17.7. The van der Waals surface area contributed by atoms with E-state index in [2.05, 4.69) is 24.0 Å². The maximum absolute atomic E-state index is 11.6. The molecule has 0 saturated heterocycles. The van der Waals surface area contributed by atoms with Crippen molar-refractivity contribution in [3.63, 3.8) is 0 Å². The van der Waals surface area contributed by atoms with Crippen molar-refractivity contribution < 1.29 is 37.5 Å². The first-order chi connectivity index (χ1) is 12.9. The van der Waals surface area contributed by atoms with Gasteiger partial charge in [-0.05, 0) is 38.5 Å². The molecule has 2 aromatic heterocycles. The number of nitrogens with one attached hydrogen (secondary N) is 1. The number of halogens is 1. The molecule has 1 aliphatic heterocycles. The summed E-state index contributed by atoms with van der Waals surface area (Å²) in [7, 11) is 0. The van der Waals surface area contributed by atoms with Crippen molar-refractivity contribution in [1.29, 1.82) is 0 Å². The van der Waals surface area contributed by atoms with E-state index in [0.717, 1.165) is 33.2 Å². The van der Waals surface area contributed by atoms with Gasteiger partial charge in [0.25, 0.3) is 0 Å². The number of benzene rings is 1. The summed E-state index contributed by atoms with van der Waals surface area (Å²) in [6.45, 7) is 6.04. The summed E-state index contributed by atoms with van der Waals surface area (Å²) in [6.07, 6.45) is -0.0395. The Hall–Kier alpha value is -1.41. The minimum atomic E-state index is -0.676. The van der Waals surface area contributed by atoms with Crippen molar-refractivity contribution in [1.82, 2.24) is 14.8 Å². The molecule has 3 aromatic rings. The van der Waals surface area contributed by atoms with Crippen LogP contribution in [0, 0.1) is 20.8 Å². The molecule has 1 atom stereocenters. The molecular formula is C19H17ClN5OSY-. The molecule has 1 N–H and O–H groups in total. The van der Waals surface area contributed by atoms with E-state index in [1.54, 1.807) is 11.3 Å². The van der Waals surface area contributed by atoms with Crippen molar-refractivity contribution in [3.05, 3.63) is 68.2 Å². The number of fused-ring (bicyclic) bond motifs is 3. The van der Waals surface area contributed by atoms with Crippen LogP contribution in [0.3, 0.4) is 0 Å². The number of carbonyl (C=O) groups is 1. The number of thiophene rings is 1. The fourth-order valence-corrected chi connectivity index (χ4v) is 4.65. The molecule has 0 aliphatic carbocycles. The molecule has 6 nitrogen and oxygen atoms in total. The molecule has 4 rings (SSSR count). The maximum Gasteiger partial charge on any atom is 0.163 e. The average Bonchev–Trinajstić information content (AvgIpc) is 3.08. The largest absolute Gasteiger partial charge is 0.668 e. The third kappa shape index (κ3) is 3.61. The normalized spacial score (nSPS) is 15.1. The van der Waals surface area contributed by atoms with Gasteiger partial charge in [-0.1, -0.05) is 23.7 Å². The number of aliphatic imine (C=N–C) groups is 1. The van der Waals surface area contributed by atoms with E-state index in [1.165, 1.54) is 4.88 Å². The van der Waals surface area contributed by atoms with Crippen molar-refractivity contribution in [2.45, 2.75) is 33.2 Å². The fraction of sp³-hybridized carbons (Fsp3) is 0.263. The van der Waals surface area contributed by atoms with Crippen molar-refractivity contribution in [3.8, 4) is 5.00 Å². The molecule has 0 saturated carbocycles. The van der Waals surface area contributed by atoms with Gasteiger partial charge in [-0.25, -0.2) is 0 Å². The van der Waals surface area contributed by atoms with E-state index >= 15 is 0 Å². The van der Waals surface area contributed by atoms with Crippen LogP contribution in [0.1, 0.15) is 45.7 Å². The van der Waals surface area contributed by atoms with Gasteiger partial charge in [-0.2, -0.15) is 0 Å². The van der Waals surface area contributed by atoms with Gasteiger partial charge in [0.15, 0.2) is 5.82 Å². The van der Waals surface area contributed by atoms with Gasteiger partial charge in [-0.3, -0.25) is 9.56 Å². The van der Waals surface area contributed by atoms with Crippen LogP contribution in [-0.4, -0.2) is 26.4 Å². The summed E-state index contributed by atoms with van der Waals surface area (Å²) in [5.74, 6) is 0.659. The summed E-state index contributed by atoms with van der Waals surface area (Å²) in [5.41, 5.74) is 11.3. The zero-order valence-corrected chi connectivity index (χ0v) is 20.1. The van der Waals surface area contributed by atoms with Crippen LogP contribution in [0.15, 0.2) is 29.3 Å². The van der Waals surface area contributed by atoms with E-state index in [-0.39, 0.29) is 39.1 Å². The molecule has 0 fully saturated rings. The third-order valence-electron chi connectivity index (χ3n) is 4.74. The average molecular weight is 488 g/mol. The molecule has 9 heteroatoms. The van der Waals surface area contributed by atoms with Crippen molar-refractivity contribution in [2.75, 3.05) is 0 Å². The van der Waals surface area contributed by atoms with Gasteiger partial charge in [-0.15, -0.1) is 21.5 Å². The molecule has 141 valence electrons. The Bertz CT molecular complexity index is 1090. The Morgan fingerprint density at radius 2 is 1.89 bits per heavy atom. The Morgan fingerprint density at radius 1 is 1.21 bits per heavy atom. The number of amides is 1. The number of aryl methyl sites for hydroxylation is 2. The number of nitrogens with zero attached hydrogens (tertiary/aromatic N) is 4. The number of hydrogen-bond acceptors (Lipinski definition) is 5. The molecule has 0 unspecified atom stereocenters. The van der Waals surface area contributed by atoms with Crippen LogP contribution in [-0.2, 0) is 37.5 Å². The molecule has 28 heavy (non-hydrogen) atoms. The fourth-order valence-electron chi connectivity index (χ4n) is 3.31. The molecule has 0 bridgehead atoms. The number of rotatable bonds is 3. The topological polar surface area (TPSA) is 83.9 Å². The molecular weight excluding hydrogens is 471 g/mol. The minimum Gasteiger partial charge on any atom is -0.668 e. The second kappa shape index (κ2) is 8.15. The van der Waals surface area contributed by atoms with E-state index in [1.807, 2.05) is 35.8 Å². The molecule has 1 aliphatic rings. The van der Waals surface area contributed by atoms with E-state index in [9.17, 15) is 4.79 Å².